The molecule has 0 N–H and O–H groups in total. The normalized spacial score (nSPS) is 15.3. The molecule has 16 heteroatoms. The van der Waals surface area contributed by atoms with Crippen molar-refractivity contribution in [3.05, 3.63) is 0 Å². The molecule has 0 saturated heterocycles. The van der Waals surface area contributed by atoms with Crippen molar-refractivity contribution in [3.63, 3.8) is 0 Å². The van der Waals surface area contributed by atoms with Gasteiger partial charge in [-0.25, -0.2) is 0 Å². The molecule has 0 aromatic heterocycles. The summed E-state index contributed by atoms with van der Waals surface area (Å²) in [4.78, 5) is 0. The highest BCUT2D eigenvalue weighted by Gasteiger charge is 2.44. The Bertz CT molecular complexity index is 621. The smallest absolute Gasteiger partial charge is 0.314 e. The fraction of sp³-hybridized carbons (Fsp3) is 1.00. The van der Waals surface area contributed by atoms with Crippen molar-refractivity contribution < 1.29 is 28.8 Å². The second kappa shape index (κ2) is 14.0. The van der Waals surface area contributed by atoms with Gasteiger partial charge in [0.15, 0.2) is 25.0 Å². The van der Waals surface area contributed by atoms with Crippen LogP contribution in [0.1, 0.15) is 0 Å². The van der Waals surface area contributed by atoms with Crippen LogP contribution in [0.2, 0.25) is 131 Å². The fourth-order valence-electron chi connectivity index (χ4n) is 4.45. The zero-order valence-corrected chi connectivity index (χ0v) is 37.0. The molecular formula is C20H62O7Si9. The highest BCUT2D eigenvalue weighted by atomic mass is 28.5. The Morgan fingerprint density at radius 1 is 0.306 bits per heavy atom. The van der Waals surface area contributed by atoms with Gasteiger partial charge < -0.3 is 28.8 Å². The van der Waals surface area contributed by atoms with Crippen molar-refractivity contribution >= 4 is 77.5 Å². The Balaban J connectivity index is 0. The Morgan fingerprint density at radius 2 is 0.500 bits per heavy atom. The maximum Gasteiger partial charge on any atom is 0.314 e. The molecule has 0 aliphatic carbocycles. The van der Waals surface area contributed by atoms with E-state index in [0.717, 1.165) is 0 Å². The predicted molar refractivity (Wildman–Crippen MR) is 179 cm³/mol. The molecule has 220 valence electrons. The van der Waals surface area contributed by atoms with Gasteiger partial charge in [-0.2, -0.15) is 0 Å². The fourth-order valence-corrected chi connectivity index (χ4v) is 42.1. The summed E-state index contributed by atoms with van der Waals surface area (Å²) >= 11 is 0. The van der Waals surface area contributed by atoms with Gasteiger partial charge in [0, 0.05) is 0 Å². The van der Waals surface area contributed by atoms with Gasteiger partial charge in [-0.05, 0) is 124 Å². The monoisotopic (exact) mass is 666 g/mol. The molecule has 0 heterocycles. The van der Waals surface area contributed by atoms with Gasteiger partial charge in [0.2, 0.25) is 0 Å². The Kier molecular flexibility index (Phi) is 15.5. The summed E-state index contributed by atoms with van der Waals surface area (Å²) in [7, 11) is -15.6. The molecule has 36 heavy (non-hydrogen) atoms. The second-order valence-electron chi connectivity index (χ2n) is 14.4. The van der Waals surface area contributed by atoms with Crippen LogP contribution in [0, 0.1) is 0 Å². The molecule has 0 rings (SSSR count). The number of rotatable bonds is 14. The molecule has 0 unspecified atom stereocenters. The minimum absolute atomic E-state index is 0.386. The van der Waals surface area contributed by atoms with Crippen molar-refractivity contribution in [2.24, 2.45) is 0 Å². The summed E-state index contributed by atoms with van der Waals surface area (Å²) in [6.07, 6.45) is 0. The zero-order chi connectivity index (χ0) is 29.7. The summed E-state index contributed by atoms with van der Waals surface area (Å²) < 4.78 is 43.4. The predicted octanol–water partition coefficient (Wildman–Crippen LogP) is 7.23. The van der Waals surface area contributed by atoms with Crippen LogP contribution in [0.15, 0.2) is 0 Å². The van der Waals surface area contributed by atoms with E-state index in [-0.39, 0.29) is 9.76 Å². The average Bonchev–Trinajstić information content (AvgIpc) is 2.33. The lowest BCUT2D eigenvalue weighted by Gasteiger charge is -2.41. The standard InChI is InChI=1S/C12H36O4Si5.C8H26O3Si4/c1-17(2,3)13-19(7,8)15-21(11,12)16-20(9,10)14-18(4,5)6;1-12-9-14(5,6)11-15(7,8)10-13(2,3)4/h1-12H3;12H2,1-8H3. The van der Waals surface area contributed by atoms with E-state index in [1.807, 2.05) is 0 Å². The molecule has 0 radical (unpaired) electrons. The first-order chi connectivity index (χ1) is 15.3. The minimum atomic E-state index is -2.26. The van der Waals surface area contributed by atoms with Crippen molar-refractivity contribution in [2.45, 2.75) is 131 Å². The Labute approximate surface area is 236 Å². The van der Waals surface area contributed by atoms with Gasteiger partial charge in [0.05, 0.1) is 0 Å². The molecule has 0 atom stereocenters. The minimum Gasteiger partial charge on any atom is -0.442 e. The Hall–Kier alpha value is 1.67. The first-order valence-electron chi connectivity index (χ1n) is 13.1. The van der Waals surface area contributed by atoms with E-state index >= 15 is 0 Å². The molecular weight excluding hydrogens is 605 g/mol. The summed E-state index contributed by atoms with van der Waals surface area (Å²) in [6, 6.07) is 0. The zero-order valence-electron chi connectivity index (χ0n) is 27.6. The van der Waals surface area contributed by atoms with Crippen molar-refractivity contribution in [1.82, 2.24) is 0 Å². The van der Waals surface area contributed by atoms with Gasteiger partial charge in [-0.1, -0.05) is 6.55 Å². The van der Waals surface area contributed by atoms with Crippen LogP contribution in [-0.4, -0.2) is 77.5 Å². The van der Waals surface area contributed by atoms with Crippen molar-refractivity contribution in [1.29, 1.82) is 0 Å². The molecule has 0 fully saturated rings. The van der Waals surface area contributed by atoms with Crippen LogP contribution < -0.4 is 0 Å². The number of hydrogen-bond acceptors (Lipinski definition) is 7. The van der Waals surface area contributed by atoms with Crippen LogP contribution in [0.25, 0.3) is 0 Å². The average molecular weight is 667 g/mol. The summed E-state index contributed by atoms with van der Waals surface area (Å²) in [5.74, 6) is 0. The summed E-state index contributed by atoms with van der Waals surface area (Å²) in [6.45, 7) is 43.2. The third-order valence-electron chi connectivity index (χ3n) is 3.62. The first-order valence-corrected chi connectivity index (χ1v) is 39.4. The van der Waals surface area contributed by atoms with E-state index < -0.39 is 67.8 Å². The molecule has 0 aromatic carbocycles. The summed E-state index contributed by atoms with van der Waals surface area (Å²) in [5.41, 5.74) is 0. The SMILES string of the molecule is C[SiH2]O[Si](C)(C)O[Si](C)(C)O[Si](C)(C)C.C[Si](C)(C)O[Si](C)(C)O[Si](C)(C)O[Si](C)(C)O[Si](C)(C)C. The number of hydrogen-bond donors (Lipinski definition) is 0. The highest BCUT2D eigenvalue weighted by molar-refractivity contribution is 6.90. The van der Waals surface area contributed by atoms with Gasteiger partial charge in [0.1, 0.15) is 9.76 Å². The van der Waals surface area contributed by atoms with Crippen molar-refractivity contribution in [3.8, 4) is 0 Å². The molecule has 0 bridgehead atoms. The lowest BCUT2D eigenvalue weighted by Crippen LogP contribution is -2.58. The first kappa shape index (κ1) is 39.8. The highest BCUT2D eigenvalue weighted by Crippen LogP contribution is 2.26. The van der Waals surface area contributed by atoms with Crippen LogP contribution >= 0.6 is 0 Å². The molecule has 0 aliphatic rings. The Morgan fingerprint density at radius 3 is 0.694 bits per heavy atom. The van der Waals surface area contributed by atoms with E-state index in [2.05, 4.69) is 131 Å². The molecule has 0 saturated carbocycles. The maximum atomic E-state index is 6.39. The third-order valence-corrected chi connectivity index (χ3v) is 32.6. The van der Waals surface area contributed by atoms with Gasteiger partial charge >= 0.3 is 42.8 Å². The van der Waals surface area contributed by atoms with E-state index in [9.17, 15) is 0 Å². The maximum absolute atomic E-state index is 6.39. The van der Waals surface area contributed by atoms with Crippen LogP contribution in [0.5, 0.6) is 0 Å². The van der Waals surface area contributed by atoms with Gasteiger partial charge in [-0.15, -0.1) is 0 Å². The lowest BCUT2D eigenvalue weighted by atomic mass is 11.8. The van der Waals surface area contributed by atoms with E-state index in [1.165, 1.54) is 0 Å². The van der Waals surface area contributed by atoms with Crippen LogP contribution in [-0.2, 0) is 28.8 Å². The molecule has 0 aromatic rings. The van der Waals surface area contributed by atoms with Crippen molar-refractivity contribution in [2.75, 3.05) is 0 Å². The second-order valence-corrected chi connectivity index (χ2v) is 47.7. The third kappa shape index (κ3) is 24.7. The van der Waals surface area contributed by atoms with E-state index in [1.54, 1.807) is 0 Å². The largest absolute Gasteiger partial charge is 0.442 e. The van der Waals surface area contributed by atoms with Gasteiger partial charge in [0.25, 0.3) is 0 Å². The topological polar surface area (TPSA) is 64.6 Å². The quantitative estimate of drug-likeness (QED) is 0.181. The molecule has 0 aliphatic heterocycles. The summed E-state index contributed by atoms with van der Waals surface area (Å²) in [5, 5.41) is 0. The molecule has 0 spiro atoms. The van der Waals surface area contributed by atoms with Gasteiger partial charge in [-0.3, -0.25) is 0 Å². The van der Waals surface area contributed by atoms with E-state index in [4.69, 9.17) is 28.8 Å². The molecule has 7 nitrogen and oxygen atoms in total. The molecule has 0 amide bonds. The van der Waals surface area contributed by atoms with Crippen LogP contribution in [0.3, 0.4) is 0 Å². The van der Waals surface area contributed by atoms with E-state index in [0.29, 0.717) is 0 Å². The lowest BCUT2D eigenvalue weighted by molar-refractivity contribution is 0.300. The van der Waals surface area contributed by atoms with Crippen LogP contribution in [0.4, 0.5) is 0 Å².